The van der Waals surface area contributed by atoms with Gasteiger partial charge < -0.3 is 14.2 Å². The van der Waals surface area contributed by atoms with Crippen molar-refractivity contribution in [2.45, 2.75) is 354 Å². The van der Waals surface area contributed by atoms with Crippen molar-refractivity contribution < 1.29 is 28.6 Å². The van der Waals surface area contributed by atoms with Crippen LogP contribution in [0, 0.1) is 0 Å². The highest BCUT2D eigenvalue weighted by molar-refractivity contribution is 5.71. The summed E-state index contributed by atoms with van der Waals surface area (Å²) in [6, 6.07) is 0. The molecule has 0 aromatic heterocycles. The summed E-state index contributed by atoms with van der Waals surface area (Å²) in [7, 11) is 0. The van der Waals surface area contributed by atoms with Crippen molar-refractivity contribution in [2.75, 3.05) is 13.2 Å². The highest BCUT2D eigenvalue weighted by atomic mass is 16.6. The van der Waals surface area contributed by atoms with Gasteiger partial charge in [0.05, 0.1) is 0 Å². The molecule has 0 rings (SSSR count). The molecule has 0 bridgehead atoms. The Morgan fingerprint density at radius 2 is 0.487 bits per heavy atom. The first-order valence-electron chi connectivity index (χ1n) is 34.6. The number of carbonyl (C=O) groups excluding carboxylic acids is 3. The van der Waals surface area contributed by atoms with E-state index in [1.165, 1.54) is 205 Å². The number of hydrogen-bond acceptors (Lipinski definition) is 6. The third-order valence-electron chi connectivity index (χ3n) is 15.1. The zero-order chi connectivity index (χ0) is 57.8. The number of hydrogen-bond donors (Lipinski definition) is 0. The molecule has 0 aromatic carbocycles. The van der Waals surface area contributed by atoms with E-state index in [-0.39, 0.29) is 31.1 Å². The van der Waals surface area contributed by atoms with Crippen LogP contribution in [0.4, 0.5) is 0 Å². The Labute approximate surface area is 496 Å². The Bertz CT molecular complexity index is 1520. The van der Waals surface area contributed by atoms with Gasteiger partial charge in [-0.25, -0.2) is 0 Å². The standard InChI is InChI=1S/C74H130O6/c1-4-7-10-13-16-19-22-25-28-31-32-33-34-35-36-37-38-39-40-41-42-44-46-49-52-55-58-61-64-67-73(76)79-70-71(69-78-72(75)66-63-60-57-54-51-48-45-30-27-24-21-18-15-12-9-6-3)80-74(77)68-65-62-59-56-53-50-47-43-29-26-23-20-17-14-11-8-5-2/h7,10,16,19,21,24-26,28-30,32-33,45,71H,4-6,8-9,11-15,17-18,20,22-23,27,31,34-44,46-70H2,1-3H3/b10-7-,19-16-,24-21-,28-25-,29-26-,33-32-,45-30-. The fourth-order valence-corrected chi connectivity index (χ4v) is 9.93. The van der Waals surface area contributed by atoms with Crippen molar-refractivity contribution in [1.29, 1.82) is 0 Å². The van der Waals surface area contributed by atoms with Crippen molar-refractivity contribution in [3.8, 4) is 0 Å². The van der Waals surface area contributed by atoms with Gasteiger partial charge in [-0.05, 0) is 116 Å². The quantitative estimate of drug-likeness (QED) is 0.0261. The largest absolute Gasteiger partial charge is 0.462 e. The van der Waals surface area contributed by atoms with Gasteiger partial charge in [0.2, 0.25) is 0 Å². The molecule has 0 aliphatic heterocycles. The summed E-state index contributed by atoms with van der Waals surface area (Å²) >= 11 is 0. The molecule has 0 aliphatic rings. The van der Waals surface area contributed by atoms with Crippen LogP contribution in [0.3, 0.4) is 0 Å². The lowest BCUT2D eigenvalue weighted by molar-refractivity contribution is -0.167. The lowest BCUT2D eigenvalue weighted by atomic mass is 10.0. The first kappa shape index (κ1) is 76.6. The van der Waals surface area contributed by atoms with Gasteiger partial charge in [-0.3, -0.25) is 14.4 Å². The Kier molecular flexibility index (Phi) is 65.2. The molecule has 6 nitrogen and oxygen atoms in total. The molecule has 0 heterocycles. The van der Waals surface area contributed by atoms with Crippen molar-refractivity contribution in [3.05, 3.63) is 85.1 Å². The molecule has 6 heteroatoms. The van der Waals surface area contributed by atoms with Gasteiger partial charge in [0.1, 0.15) is 13.2 Å². The Morgan fingerprint density at radius 3 is 0.787 bits per heavy atom. The maximum absolute atomic E-state index is 12.9. The van der Waals surface area contributed by atoms with Gasteiger partial charge in [-0.1, -0.05) is 298 Å². The van der Waals surface area contributed by atoms with E-state index in [4.69, 9.17) is 14.2 Å². The second-order valence-corrected chi connectivity index (χ2v) is 23.1. The molecule has 462 valence electrons. The number of allylic oxidation sites excluding steroid dienone is 14. The molecule has 1 unspecified atom stereocenters. The Balaban J connectivity index is 4.27. The van der Waals surface area contributed by atoms with Gasteiger partial charge >= 0.3 is 17.9 Å². The molecule has 0 radical (unpaired) electrons. The summed E-state index contributed by atoms with van der Waals surface area (Å²) in [5, 5.41) is 0. The highest BCUT2D eigenvalue weighted by Gasteiger charge is 2.19. The van der Waals surface area contributed by atoms with E-state index < -0.39 is 6.10 Å². The van der Waals surface area contributed by atoms with E-state index >= 15 is 0 Å². The van der Waals surface area contributed by atoms with Crippen molar-refractivity contribution in [3.63, 3.8) is 0 Å². The molecule has 0 aromatic rings. The van der Waals surface area contributed by atoms with E-state index in [0.717, 1.165) is 103 Å². The minimum absolute atomic E-state index is 0.0797. The molecule has 80 heavy (non-hydrogen) atoms. The molecule has 0 spiro atoms. The minimum Gasteiger partial charge on any atom is -0.462 e. The molecule has 0 saturated heterocycles. The summed E-state index contributed by atoms with van der Waals surface area (Å²) < 4.78 is 17.0. The highest BCUT2D eigenvalue weighted by Crippen LogP contribution is 2.17. The SMILES string of the molecule is CC/C=C\C/C=C\C/C=C\C/C=C\CCCCCCCCCCCCCCCCCCC(=O)OCC(COC(=O)CCCCCCC/C=C\C/C=C\CCCCCC)OC(=O)CCCCCCCCC/C=C\CCCCCCCC. The fourth-order valence-electron chi connectivity index (χ4n) is 9.93. The first-order chi connectivity index (χ1) is 39.5. The van der Waals surface area contributed by atoms with Gasteiger partial charge in [-0.15, -0.1) is 0 Å². The van der Waals surface area contributed by atoms with Gasteiger partial charge in [0.15, 0.2) is 6.10 Å². The number of unbranched alkanes of at least 4 members (excludes halogenated alkanes) is 38. The summed E-state index contributed by atoms with van der Waals surface area (Å²) in [5.74, 6) is -0.881. The average molecular weight is 1120 g/mol. The second kappa shape index (κ2) is 68.1. The molecule has 0 fully saturated rings. The molecule has 0 amide bonds. The summed E-state index contributed by atoms with van der Waals surface area (Å²) in [4.78, 5) is 38.4. The number of ether oxygens (including phenoxy) is 3. The van der Waals surface area contributed by atoms with Crippen molar-refractivity contribution >= 4 is 17.9 Å². The van der Waals surface area contributed by atoms with Crippen LogP contribution in [0.2, 0.25) is 0 Å². The Hall–Kier alpha value is -3.41. The smallest absolute Gasteiger partial charge is 0.306 e. The predicted octanol–water partition coefficient (Wildman–Crippen LogP) is 23.8. The lowest BCUT2D eigenvalue weighted by Crippen LogP contribution is -2.30. The topological polar surface area (TPSA) is 78.9 Å². The van der Waals surface area contributed by atoms with Crippen molar-refractivity contribution in [2.24, 2.45) is 0 Å². The van der Waals surface area contributed by atoms with Crippen LogP contribution in [0.15, 0.2) is 85.1 Å². The number of esters is 3. The van der Waals surface area contributed by atoms with E-state index in [1.54, 1.807) is 0 Å². The monoisotopic (exact) mass is 1110 g/mol. The van der Waals surface area contributed by atoms with Gasteiger partial charge in [0.25, 0.3) is 0 Å². The van der Waals surface area contributed by atoms with Crippen LogP contribution >= 0.6 is 0 Å². The predicted molar refractivity (Wildman–Crippen MR) is 348 cm³/mol. The normalized spacial score (nSPS) is 12.6. The number of carbonyl (C=O) groups is 3. The fraction of sp³-hybridized carbons (Fsp3) is 0.770. The van der Waals surface area contributed by atoms with Crippen LogP contribution in [0.5, 0.6) is 0 Å². The molecule has 1 atom stereocenters. The first-order valence-corrected chi connectivity index (χ1v) is 34.6. The van der Waals surface area contributed by atoms with Crippen molar-refractivity contribution in [1.82, 2.24) is 0 Å². The number of rotatable bonds is 63. The molecule has 0 saturated carbocycles. The van der Waals surface area contributed by atoms with Gasteiger partial charge in [-0.2, -0.15) is 0 Å². The molecule has 0 aliphatic carbocycles. The van der Waals surface area contributed by atoms with E-state index in [2.05, 4.69) is 106 Å². The summed E-state index contributed by atoms with van der Waals surface area (Å²) in [5.41, 5.74) is 0. The zero-order valence-corrected chi connectivity index (χ0v) is 53.1. The van der Waals surface area contributed by atoms with Crippen LogP contribution in [0.1, 0.15) is 348 Å². The van der Waals surface area contributed by atoms with Gasteiger partial charge in [0, 0.05) is 19.3 Å². The molecular weight excluding hydrogens is 985 g/mol. The average Bonchev–Trinajstić information content (AvgIpc) is 3.46. The maximum Gasteiger partial charge on any atom is 0.306 e. The zero-order valence-electron chi connectivity index (χ0n) is 53.1. The second-order valence-electron chi connectivity index (χ2n) is 23.1. The summed E-state index contributed by atoms with van der Waals surface area (Å²) in [6.45, 7) is 6.53. The third kappa shape index (κ3) is 65.4. The molecule has 0 N–H and O–H groups in total. The lowest BCUT2D eigenvalue weighted by Gasteiger charge is -2.18. The van der Waals surface area contributed by atoms with Crippen LogP contribution < -0.4 is 0 Å². The minimum atomic E-state index is -0.785. The van der Waals surface area contributed by atoms with Crippen LogP contribution in [0.25, 0.3) is 0 Å². The maximum atomic E-state index is 12.9. The summed E-state index contributed by atoms with van der Waals surface area (Å²) in [6.07, 6.45) is 90.3. The van der Waals surface area contributed by atoms with E-state index in [0.29, 0.717) is 19.3 Å². The third-order valence-corrected chi connectivity index (χ3v) is 15.1. The van der Waals surface area contributed by atoms with Crippen LogP contribution in [-0.2, 0) is 28.6 Å². The Morgan fingerprint density at radius 1 is 0.263 bits per heavy atom. The molecular formula is C74H130O6. The van der Waals surface area contributed by atoms with Crippen LogP contribution in [-0.4, -0.2) is 37.2 Å². The van der Waals surface area contributed by atoms with E-state index in [1.807, 2.05) is 0 Å². The van der Waals surface area contributed by atoms with E-state index in [9.17, 15) is 14.4 Å².